The van der Waals surface area contributed by atoms with E-state index in [2.05, 4.69) is 0 Å². The maximum atomic E-state index is 11.3. The van der Waals surface area contributed by atoms with Crippen molar-refractivity contribution in [1.29, 1.82) is 0 Å². The molecule has 0 amide bonds. The van der Waals surface area contributed by atoms with Gasteiger partial charge in [0.2, 0.25) is 0 Å². The second-order valence-corrected chi connectivity index (χ2v) is 3.87. The van der Waals surface area contributed by atoms with Crippen LogP contribution >= 0.6 is 22.6 Å². The Labute approximate surface area is 95.6 Å². The van der Waals surface area contributed by atoms with Gasteiger partial charge in [-0.25, -0.2) is 0 Å². The SMILES string of the molecule is COc1ccc(I)c(C(C)=O)c1C=O. The van der Waals surface area contributed by atoms with E-state index >= 15 is 0 Å². The van der Waals surface area contributed by atoms with Crippen molar-refractivity contribution in [1.82, 2.24) is 0 Å². The first kappa shape index (κ1) is 11.2. The van der Waals surface area contributed by atoms with E-state index in [1.54, 1.807) is 12.1 Å². The lowest BCUT2D eigenvalue weighted by atomic mass is 10.0. The summed E-state index contributed by atoms with van der Waals surface area (Å²) in [5, 5.41) is 0. The molecule has 1 aromatic rings. The van der Waals surface area contributed by atoms with Gasteiger partial charge >= 0.3 is 0 Å². The Morgan fingerprint density at radius 3 is 2.57 bits per heavy atom. The molecule has 0 unspecified atom stereocenters. The Balaban J connectivity index is 3.50. The standard InChI is InChI=1S/C10H9IO3/c1-6(13)10-7(5-12)9(14-2)4-3-8(10)11/h3-5H,1-2H3. The van der Waals surface area contributed by atoms with Gasteiger partial charge in [0.05, 0.1) is 12.7 Å². The van der Waals surface area contributed by atoms with Crippen molar-refractivity contribution in [2.24, 2.45) is 0 Å². The minimum Gasteiger partial charge on any atom is -0.496 e. The van der Waals surface area contributed by atoms with E-state index in [1.807, 2.05) is 22.6 Å². The van der Waals surface area contributed by atoms with Gasteiger partial charge in [-0.3, -0.25) is 9.59 Å². The van der Waals surface area contributed by atoms with Gasteiger partial charge in [0, 0.05) is 9.13 Å². The van der Waals surface area contributed by atoms with Crippen molar-refractivity contribution in [2.75, 3.05) is 7.11 Å². The van der Waals surface area contributed by atoms with Gasteiger partial charge in [0.15, 0.2) is 12.1 Å². The summed E-state index contributed by atoms with van der Waals surface area (Å²) in [7, 11) is 1.47. The molecule has 4 heteroatoms. The zero-order valence-corrected chi connectivity index (χ0v) is 9.99. The third-order valence-corrected chi connectivity index (χ3v) is 2.74. The molecule has 0 spiro atoms. The molecular formula is C10H9IO3. The number of ketones is 1. The smallest absolute Gasteiger partial charge is 0.161 e. The highest BCUT2D eigenvalue weighted by atomic mass is 127. The number of aldehydes is 1. The first-order chi connectivity index (χ1) is 6.61. The monoisotopic (exact) mass is 304 g/mol. The molecule has 14 heavy (non-hydrogen) atoms. The molecule has 0 aliphatic rings. The number of halogens is 1. The Kier molecular flexibility index (Phi) is 3.62. The molecule has 0 aromatic heterocycles. The number of methoxy groups -OCH3 is 1. The number of carbonyl (C=O) groups is 2. The largest absolute Gasteiger partial charge is 0.496 e. The molecular weight excluding hydrogens is 295 g/mol. The molecule has 0 aliphatic carbocycles. The molecule has 74 valence electrons. The molecule has 1 aromatic carbocycles. The fraction of sp³-hybridized carbons (Fsp3) is 0.200. The van der Waals surface area contributed by atoms with Crippen LogP contribution in [0.25, 0.3) is 0 Å². The first-order valence-electron chi connectivity index (χ1n) is 3.94. The number of benzene rings is 1. The van der Waals surface area contributed by atoms with E-state index in [0.29, 0.717) is 23.2 Å². The predicted molar refractivity (Wildman–Crippen MR) is 61.1 cm³/mol. The summed E-state index contributed by atoms with van der Waals surface area (Å²) in [6.45, 7) is 1.43. The zero-order chi connectivity index (χ0) is 10.7. The van der Waals surface area contributed by atoms with Crippen LogP contribution in [-0.4, -0.2) is 19.2 Å². The highest BCUT2D eigenvalue weighted by Crippen LogP contribution is 2.25. The van der Waals surface area contributed by atoms with Crippen molar-refractivity contribution in [3.63, 3.8) is 0 Å². The molecule has 3 nitrogen and oxygen atoms in total. The summed E-state index contributed by atoms with van der Waals surface area (Å²) in [4.78, 5) is 22.1. The van der Waals surface area contributed by atoms with Crippen LogP contribution in [0.4, 0.5) is 0 Å². The van der Waals surface area contributed by atoms with Crippen molar-refractivity contribution < 1.29 is 14.3 Å². The fourth-order valence-corrected chi connectivity index (χ4v) is 2.08. The molecule has 0 fully saturated rings. The van der Waals surface area contributed by atoms with Crippen LogP contribution in [0.5, 0.6) is 5.75 Å². The van der Waals surface area contributed by atoms with Crippen LogP contribution in [0.3, 0.4) is 0 Å². The Hall–Kier alpha value is -0.910. The summed E-state index contributed by atoms with van der Waals surface area (Å²) in [6, 6.07) is 3.43. The van der Waals surface area contributed by atoms with Gasteiger partial charge in [0.25, 0.3) is 0 Å². The number of hydrogen-bond acceptors (Lipinski definition) is 3. The zero-order valence-electron chi connectivity index (χ0n) is 7.83. The highest BCUT2D eigenvalue weighted by molar-refractivity contribution is 14.1. The number of hydrogen-bond donors (Lipinski definition) is 0. The van der Waals surface area contributed by atoms with E-state index in [4.69, 9.17) is 4.74 Å². The first-order valence-corrected chi connectivity index (χ1v) is 5.02. The normalized spacial score (nSPS) is 9.64. The molecule has 0 N–H and O–H groups in total. The van der Waals surface area contributed by atoms with E-state index in [0.717, 1.165) is 3.57 Å². The lowest BCUT2D eigenvalue weighted by Gasteiger charge is -2.08. The number of rotatable bonds is 3. The molecule has 0 saturated carbocycles. The second kappa shape index (κ2) is 4.54. The highest BCUT2D eigenvalue weighted by Gasteiger charge is 2.15. The van der Waals surface area contributed by atoms with Gasteiger partial charge in [-0.15, -0.1) is 0 Å². The quantitative estimate of drug-likeness (QED) is 0.489. The van der Waals surface area contributed by atoms with Crippen molar-refractivity contribution in [2.45, 2.75) is 6.92 Å². The van der Waals surface area contributed by atoms with Crippen molar-refractivity contribution in [3.8, 4) is 5.75 Å². The molecule has 0 heterocycles. The predicted octanol–water partition coefficient (Wildman–Crippen LogP) is 2.31. The maximum absolute atomic E-state index is 11.3. The van der Waals surface area contributed by atoms with E-state index in [1.165, 1.54) is 14.0 Å². The average molecular weight is 304 g/mol. The number of ether oxygens (including phenoxy) is 1. The molecule has 0 aliphatic heterocycles. The Bertz CT molecular complexity index is 385. The summed E-state index contributed by atoms with van der Waals surface area (Å²) in [5.41, 5.74) is 0.756. The lowest BCUT2D eigenvalue weighted by Crippen LogP contribution is -2.04. The van der Waals surface area contributed by atoms with Crippen LogP contribution in [0, 0.1) is 3.57 Å². The summed E-state index contributed by atoms with van der Waals surface area (Å²) < 4.78 is 5.76. The Morgan fingerprint density at radius 2 is 2.14 bits per heavy atom. The topological polar surface area (TPSA) is 43.4 Å². The minimum absolute atomic E-state index is 0.129. The maximum Gasteiger partial charge on any atom is 0.161 e. The van der Waals surface area contributed by atoms with E-state index in [-0.39, 0.29) is 5.78 Å². The molecule has 0 bridgehead atoms. The third kappa shape index (κ3) is 1.95. The van der Waals surface area contributed by atoms with Gasteiger partial charge in [0.1, 0.15) is 5.75 Å². The fourth-order valence-electron chi connectivity index (χ4n) is 1.23. The number of Topliss-reactive ketones (excluding diaryl/α,β-unsaturated/α-hetero) is 1. The summed E-state index contributed by atoms with van der Waals surface area (Å²) in [6.07, 6.45) is 0.651. The Morgan fingerprint density at radius 1 is 1.50 bits per heavy atom. The van der Waals surface area contributed by atoms with Gasteiger partial charge in [-0.1, -0.05) is 0 Å². The number of carbonyl (C=O) groups excluding carboxylic acids is 2. The molecule has 1 rings (SSSR count). The van der Waals surface area contributed by atoms with Gasteiger partial charge < -0.3 is 4.74 Å². The van der Waals surface area contributed by atoms with Crippen LogP contribution in [-0.2, 0) is 0 Å². The van der Waals surface area contributed by atoms with Gasteiger partial charge in [-0.2, -0.15) is 0 Å². The van der Waals surface area contributed by atoms with Crippen LogP contribution in [0.2, 0.25) is 0 Å². The second-order valence-electron chi connectivity index (χ2n) is 2.71. The summed E-state index contributed by atoms with van der Waals surface area (Å²) in [5.74, 6) is 0.306. The van der Waals surface area contributed by atoms with Crippen LogP contribution in [0.1, 0.15) is 27.6 Å². The third-order valence-electron chi connectivity index (χ3n) is 1.84. The lowest BCUT2D eigenvalue weighted by molar-refractivity contribution is 0.100. The average Bonchev–Trinajstić information content (AvgIpc) is 2.16. The van der Waals surface area contributed by atoms with Crippen molar-refractivity contribution >= 4 is 34.7 Å². The van der Waals surface area contributed by atoms with E-state index in [9.17, 15) is 9.59 Å². The van der Waals surface area contributed by atoms with Crippen LogP contribution < -0.4 is 4.74 Å². The van der Waals surface area contributed by atoms with Gasteiger partial charge in [-0.05, 0) is 41.6 Å². The summed E-state index contributed by atoms with van der Waals surface area (Å²) >= 11 is 2.02. The van der Waals surface area contributed by atoms with E-state index < -0.39 is 0 Å². The molecule has 0 saturated heterocycles. The molecule has 0 atom stereocenters. The minimum atomic E-state index is -0.129. The van der Waals surface area contributed by atoms with Crippen LogP contribution in [0.15, 0.2) is 12.1 Å². The van der Waals surface area contributed by atoms with Crippen molar-refractivity contribution in [3.05, 3.63) is 26.8 Å². The molecule has 0 radical (unpaired) electrons.